The number of aromatic nitrogens is 3. The molecule has 1 saturated heterocycles. The largest absolute Gasteiger partial charge is 0.394 e. The summed E-state index contributed by atoms with van der Waals surface area (Å²) in [5, 5.41) is 7.02. The molecule has 9 nitrogen and oxygen atoms in total. The van der Waals surface area contributed by atoms with Crippen LogP contribution in [0.1, 0.15) is 62.7 Å². The zero-order chi connectivity index (χ0) is 28.1. The molecule has 1 aliphatic carbocycles. The van der Waals surface area contributed by atoms with Gasteiger partial charge in [-0.25, -0.2) is 4.98 Å². The Bertz CT molecular complexity index is 1290. The Kier molecular flexibility index (Phi) is 7.02. The number of anilines is 2. The van der Waals surface area contributed by atoms with Crippen molar-refractivity contribution in [3.8, 4) is 0 Å². The van der Waals surface area contributed by atoms with E-state index in [1.165, 1.54) is 11.9 Å². The Morgan fingerprint density at radius 2 is 2.05 bits per heavy atom. The van der Waals surface area contributed by atoms with Crippen molar-refractivity contribution in [2.45, 2.75) is 81.9 Å². The summed E-state index contributed by atoms with van der Waals surface area (Å²) in [6.07, 6.45) is 3.75. The smallest absolute Gasteiger partial charge is 0.358 e. The van der Waals surface area contributed by atoms with Crippen LogP contribution >= 0.6 is 11.9 Å². The first-order valence-corrected chi connectivity index (χ1v) is 14.6. The molecule has 2 N–H and O–H groups in total. The van der Waals surface area contributed by atoms with Crippen molar-refractivity contribution < 1.29 is 22.7 Å². The highest BCUT2D eigenvalue weighted by Crippen LogP contribution is 2.60. The standard InChI is InChI=1S/C27H34F3N7O2S/c1-25(2)16-18-6-12-35-13-8-22(33-35)40-34-24(38)19-4-5-20(31-23(19)36(25)17-18)37-14-7-21(32-37)39-15-3-9-26(10-11-26)27(28,29)30/h4-5,7-8,13-14,18,21,32H,3,6,9-12,15-17H2,1-2H3,(H,34,38). The minimum absolute atomic E-state index is 0.0949. The summed E-state index contributed by atoms with van der Waals surface area (Å²) in [6.45, 7) is 6.17. The van der Waals surface area contributed by atoms with E-state index in [9.17, 15) is 18.0 Å². The lowest BCUT2D eigenvalue weighted by atomic mass is 9.94. The predicted octanol–water partition coefficient (Wildman–Crippen LogP) is 5.03. The fourth-order valence-electron chi connectivity index (χ4n) is 5.97. The minimum Gasteiger partial charge on any atom is -0.358 e. The first kappa shape index (κ1) is 27.4. The Balaban J connectivity index is 1.16. The minimum atomic E-state index is -4.14. The number of fused-ring (bicyclic) bond motifs is 6. The first-order valence-electron chi connectivity index (χ1n) is 13.7. The summed E-state index contributed by atoms with van der Waals surface area (Å²) in [5.74, 6) is 1.39. The zero-order valence-electron chi connectivity index (χ0n) is 22.6. The highest BCUT2D eigenvalue weighted by atomic mass is 32.2. The Morgan fingerprint density at radius 1 is 1.23 bits per heavy atom. The Labute approximate surface area is 235 Å². The molecule has 216 valence electrons. The lowest BCUT2D eigenvalue weighted by Gasteiger charge is -2.34. The molecular weight excluding hydrogens is 543 g/mol. The van der Waals surface area contributed by atoms with Crippen LogP contribution in [-0.4, -0.2) is 51.8 Å². The first-order chi connectivity index (χ1) is 19.0. The van der Waals surface area contributed by atoms with E-state index in [-0.39, 0.29) is 37.3 Å². The molecule has 5 heterocycles. The normalized spacial score (nSPS) is 25.2. The monoisotopic (exact) mass is 577 g/mol. The highest BCUT2D eigenvalue weighted by molar-refractivity contribution is 7.97. The van der Waals surface area contributed by atoms with E-state index in [1.54, 1.807) is 29.4 Å². The molecular formula is C27H34F3N7O2S. The van der Waals surface area contributed by atoms with Gasteiger partial charge in [0.15, 0.2) is 0 Å². The summed E-state index contributed by atoms with van der Waals surface area (Å²) < 4.78 is 50.2. The summed E-state index contributed by atoms with van der Waals surface area (Å²) in [5.41, 5.74) is 1.97. The number of rotatable bonds is 6. The van der Waals surface area contributed by atoms with E-state index in [0.717, 1.165) is 31.0 Å². The lowest BCUT2D eigenvalue weighted by Crippen LogP contribution is -2.41. The summed E-state index contributed by atoms with van der Waals surface area (Å²) in [4.78, 5) is 20.5. The van der Waals surface area contributed by atoms with Gasteiger partial charge in [-0.1, -0.05) is 0 Å². The SMILES string of the molecule is CC1(C)CC2CCn3ccc(n3)SNC(=O)c3ccc(N4C=CC(OCCCC5(C(F)(F)F)CC5)N4)nc3N1C2. The van der Waals surface area contributed by atoms with Crippen molar-refractivity contribution in [2.24, 2.45) is 11.3 Å². The number of hydrogen-bond donors (Lipinski definition) is 2. The van der Waals surface area contributed by atoms with E-state index in [0.29, 0.717) is 29.5 Å². The van der Waals surface area contributed by atoms with Crippen molar-refractivity contribution in [1.82, 2.24) is 24.9 Å². The second kappa shape index (κ2) is 10.3. The Morgan fingerprint density at radius 3 is 2.83 bits per heavy atom. The van der Waals surface area contributed by atoms with Crippen LogP contribution in [0, 0.1) is 11.3 Å². The van der Waals surface area contributed by atoms with Gasteiger partial charge in [0.05, 0.1) is 11.0 Å². The third-order valence-electron chi connectivity index (χ3n) is 8.43. The van der Waals surface area contributed by atoms with E-state index in [1.807, 2.05) is 16.9 Å². The van der Waals surface area contributed by atoms with E-state index < -0.39 is 17.8 Å². The summed E-state index contributed by atoms with van der Waals surface area (Å²) in [7, 11) is 0. The number of amides is 1. The van der Waals surface area contributed by atoms with E-state index in [2.05, 4.69) is 34.0 Å². The Hall–Kier alpha value is -2.77. The fourth-order valence-corrected chi connectivity index (χ4v) is 6.55. The number of ether oxygens (including phenoxy) is 1. The molecule has 2 fully saturated rings. The molecule has 0 spiro atoms. The van der Waals surface area contributed by atoms with E-state index >= 15 is 0 Å². The average molecular weight is 578 g/mol. The predicted molar refractivity (Wildman–Crippen MR) is 145 cm³/mol. The summed E-state index contributed by atoms with van der Waals surface area (Å²) >= 11 is 1.18. The second-order valence-electron chi connectivity index (χ2n) is 11.8. The average Bonchev–Trinajstić information content (AvgIpc) is 3.22. The molecule has 2 aromatic heterocycles. The van der Waals surface area contributed by atoms with Crippen molar-refractivity contribution >= 4 is 29.5 Å². The summed E-state index contributed by atoms with van der Waals surface area (Å²) in [6, 6.07) is 5.45. The van der Waals surface area contributed by atoms with Crippen LogP contribution in [0.25, 0.3) is 0 Å². The molecule has 0 aromatic carbocycles. The number of aryl methyl sites for hydroxylation is 1. The molecule has 40 heavy (non-hydrogen) atoms. The number of carbonyl (C=O) groups is 1. The maximum absolute atomic E-state index is 13.3. The molecule has 6 rings (SSSR count). The van der Waals surface area contributed by atoms with Crippen LogP contribution in [0.5, 0.6) is 0 Å². The zero-order valence-corrected chi connectivity index (χ0v) is 23.4. The molecule has 1 amide bonds. The maximum atomic E-state index is 13.3. The number of nitrogens with zero attached hydrogens (tertiary/aromatic N) is 5. The number of hydrazine groups is 1. The molecule has 2 aromatic rings. The van der Waals surface area contributed by atoms with Gasteiger partial charge >= 0.3 is 6.18 Å². The fraction of sp³-hybridized carbons (Fsp3) is 0.593. The van der Waals surface area contributed by atoms with Gasteiger partial charge in [-0.2, -0.15) is 23.7 Å². The van der Waals surface area contributed by atoms with Gasteiger partial charge in [0.2, 0.25) is 0 Å². The van der Waals surface area contributed by atoms with Crippen molar-refractivity contribution in [1.29, 1.82) is 0 Å². The molecule has 0 radical (unpaired) electrons. The number of pyridine rings is 1. The van der Waals surface area contributed by atoms with Crippen LogP contribution in [-0.2, 0) is 11.3 Å². The second-order valence-corrected chi connectivity index (χ2v) is 12.6. The molecule has 4 aliphatic rings. The topological polar surface area (TPSA) is 87.5 Å². The van der Waals surface area contributed by atoms with Crippen LogP contribution in [0.3, 0.4) is 0 Å². The van der Waals surface area contributed by atoms with Crippen LogP contribution < -0.4 is 20.1 Å². The molecule has 13 heteroatoms. The van der Waals surface area contributed by atoms with Gasteiger partial charge < -0.3 is 9.64 Å². The number of alkyl halides is 3. The molecule has 4 bridgehead atoms. The van der Waals surface area contributed by atoms with Gasteiger partial charge in [-0.15, -0.1) is 0 Å². The molecule has 2 atom stereocenters. The molecule has 1 saturated carbocycles. The number of nitrogens with one attached hydrogen (secondary N) is 2. The van der Waals surface area contributed by atoms with Crippen molar-refractivity contribution in [3.63, 3.8) is 0 Å². The van der Waals surface area contributed by atoms with Gasteiger partial charge in [0.25, 0.3) is 5.91 Å². The molecule has 3 aliphatic heterocycles. The highest BCUT2D eigenvalue weighted by Gasteiger charge is 2.62. The van der Waals surface area contributed by atoms with Crippen LogP contribution in [0.4, 0.5) is 24.8 Å². The number of halogens is 3. The molecule has 2 unspecified atom stereocenters. The third-order valence-corrected chi connectivity index (χ3v) is 9.14. The number of carbonyl (C=O) groups excluding carboxylic acids is 1. The maximum Gasteiger partial charge on any atom is 0.394 e. The van der Waals surface area contributed by atoms with E-state index in [4.69, 9.17) is 9.72 Å². The van der Waals surface area contributed by atoms with Crippen LogP contribution in [0.2, 0.25) is 0 Å². The van der Waals surface area contributed by atoms with Crippen LogP contribution in [0.15, 0.2) is 41.7 Å². The van der Waals surface area contributed by atoms with Gasteiger partial charge in [0, 0.05) is 49.6 Å². The quantitative estimate of drug-likeness (QED) is 0.365. The number of hydrogen-bond acceptors (Lipinski definition) is 8. The van der Waals surface area contributed by atoms with Crippen molar-refractivity contribution in [2.75, 3.05) is 23.1 Å². The van der Waals surface area contributed by atoms with Gasteiger partial charge in [0.1, 0.15) is 22.9 Å². The third kappa shape index (κ3) is 5.42. The van der Waals surface area contributed by atoms with Gasteiger partial charge in [-0.05, 0) is 82.6 Å². The van der Waals surface area contributed by atoms with Crippen molar-refractivity contribution in [3.05, 3.63) is 42.2 Å². The lowest BCUT2D eigenvalue weighted by molar-refractivity contribution is -0.189. The van der Waals surface area contributed by atoms with Gasteiger partial charge in [-0.3, -0.25) is 19.2 Å².